The van der Waals surface area contributed by atoms with E-state index in [4.69, 9.17) is 0 Å². The van der Waals surface area contributed by atoms with Crippen LogP contribution in [0.1, 0.15) is 49.0 Å². The number of carbonyl (C=O) groups is 3. The second kappa shape index (κ2) is 12.0. The van der Waals surface area contributed by atoms with Crippen molar-refractivity contribution in [3.05, 3.63) is 58.4 Å². The molecule has 1 unspecified atom stereocenters. The highest BCUT2D eigenvalue weighted by atomic mass is 32.1. The van der Waals surface area contributed by atoms with Crippen molar-refractivity contribution >= 4 is 40.0 Å². The quantitative estimate of drug-likeness (QED) is 0.459. The minimum atomic E-state index is -1.02. The van der Waals surface area contributed by atoms with Gasteiger partial charge in [0.25, 0.3) is 0 Å². The maximum atomic E-state index is 13.3. The number of hydrogen-bond acceptors (Lipinski definition) is 4. The summed E-state index contributed by atoms with van der Waals surface area (Å²) in [6.45, 7) is 1.49. The van der Waals surface area contributed by atoms with Gasteiger partial charge in [-0.05, 0) is 48.8 Å². The summed E-state index contributed by atoms with van der Waals surface area (Å²) in [5, 5.41) is 18.4. The number of aliphatic carboxylic acids is 1. The number of carboxylic acids is 1. The van der Waals surface area contributed by atoms with E-state index in [9.17, 15) is 19.5 Å². The standard InChI is InChI=1S/C27H33N3O4S/c31-25(32)17-19(11-12-21-8-7-15-35-21)26(33)29-23-16-20-18-30(24-10-4-3-9-22(20)24)14-6-2-1-5-13-28-27(23)34/h3-4,7-10,15,18-19,23H,1-2,5-6,11-14,16-17H2,(H,28,34)(H,29,33)(H,31,32)/t19-,23?/m1/s1. The number of nitrogens with zero attached hydrogens (tertiary/aromatic N) is 1. The smallest absolute Gasteiger partial charge is 0.304 e. The molecule has 0 radical (unpaired) electrons. The van der Waals surface area contributed by atoms with E-state index in [1.54, 1.807) is 11.3 Å². The minimum absolute atomic E-state index is 0.221. The SMILES string of the molecule is O=C(O)C[C@@H](CCc1cccs1)C(=O)NC1Cc2cn(c3ccccc23)CCCCCCNC1=O. The van der Waals surface area contributed by atoms with Crippen LogP contribution in [0, 0.1) is 5.92 Å². The average Bonchev–Trinajstić information content (AvgIpc) is 3.48. The molecule has 8 heteroatoms. The van der Waals surface area contributed by atoms with Gasteiger partial charge in [0.1, 0.15) is 6.04 Å². The van der Waals surface area contributed by atoms with Crippen LogP contribution < -0.4 is 10.6 Å². The van der Waals surface area contributed by atoms with Gasteiger partial charge in [-0.3, -0.25) is 14.4 Å². The van der Waals surface area contributed by atoms with E-state index < -0.39 is 17.9 Å². The first kappa shape index (κ1) is 25.0. The van der Waals surface area contributed by atoms with E-state index >= 15 is 0 Å². The Morgan fingerprint density at radius 1 is 1.14 bits per heavy atom. The second-order valence-corrected chi connectivity index (χ2v) is 10.3. The Morgan fingerprint density at radius 3 is 2.77 bits per heavy atom. The van der Waals surface area contributed by atoms with Gasteiger partial charge in [0, 0.05) is 47.4 Å². The topological polar surface area (TPSA) is 100 Å². The van der Waals surface area contributed by atoms with Crippen molar-refractivity contribution in [2.45, 2.75) is 64.0 Å². The Balaban J connectivity index is 1.56. The van der Waals surface area contributed by atoms with Gasteiger partial charge >= 0.3 is 5.97 Å². The number of hydrogen-bond donors (Lipinski definition) is 3. The molecule has 1 aliphatic heterocycles. The fourth-order valence-corrected chi connectivity index (χ4v) is 5.52. The molecule has 7 nitrogen and oxygen atoms in total. The lowest BCUT2D eigenvalue weighted by Crippen LogP contribution is -2.50. The van der Waals surface area contributed by atoms with Crippen molar-refractivity contribution < 1.29 is 19.5 Å². The Kier molecular flexibility index (Phi) is 8.58. The Bertz CT molecular complexity index is 1150. The number of para-hydroxylation sites is 1. The molecule has 3 aromatic rings. The predicted molar refractivity (Wildman–Crippen MR) is 137 cm³/mol. The molecule has 3 N–H and O–H groups in total. The van der Waals surface area contributed by atoms with Gasteiger partial charge in [-0.1, -0.05) is 37.1 Å². The average molecular weight is 496 g/mol. The molecule has 2 amide bonds. The van der Waals surface area contributed by atoms with Crippen LogP contribution in [-0.2, 0) is 33.8 Å². The monoisotopic (exact) mass is 495 g/mol. The van der Waals surface area contributed by atoms with E-state index in [2.05, 4.69) is 33.5 Å². The first-order valence-electron chi connectivity index (χ1n) is 12.4. The van der Waals surface area contributed by atoms with Crippen LogP contribution in [0.2, 0.25) is 0 Å². The first-order valence-corrected chi connectivity index (χ1v) is 13.3. The lowest BCUT2D eigenvalue weighted by molar-refractivity contribution is -0.141. The summed E-state index contributed by atoms with van der Waals surface area (Å²) >= 11 is 1.59. The molecule has 0 spiro atoms. The van der Waals surface area contributed by atoms with Crippen LogP contribution in [0.5, 0.6) is 0 Å². The van der Waals surface area contributed by atoms with Crippen molar-refractivity contribution in [2.24, 2.45) is 5.92 Å². The van der Waals surface area contributed by atoms with E-state index in [0.717, 1.165) is 53.6 Å². The lowest BCUT2D eigenvalue weighted by Gasteiger charge is -2.22. The van der Waals surface area contributed by atoms with Gasteiger partial charge in [-0.15, -0.1) is 11.3 Å². The Labute approximate surface area is 209 Å². The van der Waals surface area contributed by atoms with Crippen molar-refractivity contribution in [1.82, 2.24) is 15.2 Å². The van der Waals surface area contributed by atoms with Gasteiger partial charge in [-0.25, -0.2) is 0 Å². The fraction of sp³-hybridized carbons (Fsp3) is 0.444. The molecular formula is C27H33N3O4S. The number of carbonyl (C=O) groups excluding carboxylic acids is 2. The third-order valence-electron chi connectivity index (χ3n) is 6.66. The summed E-state index contributed by atoms with van der Waals surface area (Å²) in [6, 6.07) is 11.3. The molecule has 2 aromatic heterocycles. The maximum Gasteiger partial charge on any atom is 0.304 e. The van der Waals surface area contributed by atoms with E-state index in [1.807, 2.05) is 29.6 Å². The number of carboxylic acid groups (broad SMARTS) is 1. The van der Waals surface area contributed by atoms with Gasteiger partial charge in [0.05, 0.1) is 6.42 Å². The largest absolute Gasteiger partial charge is 0.481 e. The zero-order valence-electron chi connectivity index (χ0n) is 19.9. The molecule has 2 atom stereocenters. The zero-order valence-corrected chi connectivity index (χ0v) is 20.7. The molecule has 0 aliphatic carbocycles. The zero-order chi connectivity index (χ0) is 24.6. The predicted octanol–water partition coefficient (Wildman–Crippen LogP) is 4.14. The van der Waals surface area contributed by atoms with Gasteiger partial charge in [0.2, 0.25) is 11.8 Å². The summed E-state index contributed by atoms with van der Waals surface area (Å²) < 4.78 is 2.24. The lowest BCUT2D eigenvalue weighted by atomic mass is 9.96. The molecule has 2 bridgehead atoms. The van der Waals surface area contributed by atoms with Crippen molar-refractivity contribution in [2.75, 3.05) is 6.54 Å². The molecular weight excluding hydrogens is 462 g/mol. The first-order chi connectivity index (χ1) is 17.0. The highest BCUT2D eigenvalue weighted by molar-refractivity contribution is 7.09. The number of aryl methyl sites for hydroxylation is 2. The van der Waals surface area contributed by atoms with Crippen molar-refractivity contribution in [3.63, 3.8) is 0 Å². The molecule has 1 aliphatic rings. The molecule has 4 rings (SSSR count). The van der Waals surface area contributed by atoms with Gasteiger partial charge in [0.15, 0.2) is 0 Å². The van der Waals surface area contributed by atoms with E-state index in [-0.39, 0.29) is 18.2 Å². The minimum Gasteiger partial charge on any atom is -0.481 e. The normalized spacial score (nSPS) is 18.1. The van der Waals surface area contributed by atoms with Crippen LogP contribution >= 0.6 is 11.3 Å². The number of fused-ring (bicyclic) bond motifs is 5. The molecule has 0 saturated heterocycles. The highest BCUT2D eigenvalue weighted by Gasteiger charge is 2.28. The van der Waals surface area contributed by atoms with Crippen LogP contribution in [0.25, 0.3) is 10.9 Å². The Hall–Kier alpha value is -3.13. The molecule has 1 aromatic carbocycles. The second-order valence-electron chi connectivity index (χ2n) is 9.25. The van der Waals surface area contributed by atoms with Gasteiger partial charge < -0.3 is 20.3 Å². The molecule has 3 heterocycles. The molecule has 186 valence electrons. The summed E-state index contributed by atoms with van der Waals surface area (Å²) in [5.41, 5.74) is 2.14. The van der Waals surface area contributed by atoms with Crippen molar-refractivity contribution in [1.29, 1.82) is 0 Å². The third-order valence-corrected chi connectivity index (χ3v) is 7.60. The summed E-state index contributed by atoms with van der Waals surface area (Å²) in [6.07, 6.45) is 7.35. The van der Waals surface area contributed by atoms with Crippen LogP contribution in [0.15, 0.2) is 48.0 Å². The van der Waals surface area contributed by atoms with E-state index in [1.165, 1.54) is 0 Å². The molecule has 0 fully saturated rings. The van der Waals surface area contributed by atoms with Crippen LogP contribution in [0.3, 0.4) is 0 Å². The summed E-state index contributed by atoms with van der Waals surface area (Å²) in [5.74, 6) is -2.31. The number of aromatic nitrogens is 1. The van der Waals surface area contributed by atoms with Crippen LogP contribution in [0.4, 0.5) is 0 Å². The van der Waals surface area contributed by atoms with Crippen molar-refractivity contribution in [3.8, 4) is 0 Å². The maximum absolute atomic E-state index is 13.3. The van der Waals surface area contributed by atoms with E-state index in [0.29, 0.717) is 25.8 Å². The Morgan fingerprint density at radius 2 is 1.97 bits per heavy atom. The van der Waals surface area contributed by atoms with Gasteiger partial charge in [-0.2, -0.15) is 0 Å². The fourth-order valence-electron chi connectivity index (χ4n) is 4.79. The summed E-state index contributed by atoms with van der Waals surface area (Å²) in [7, 11) is 0. The summed E-state index contributed by atoms with van der Waals surface area (Å²) in [4.78, 5) is 39.0. The number of thiophene rings is 1. The number of rotatable bonds is 7. The number of nitrogens with one attached hydrogen (secondary N) is 2. The number of amides is 2. The molecule has 35 heavy (non-hydrogen) atoms. The van der Waals surface area contributed by atoms with Crippen LogP contribution in [-0.4, -0.2) is 40.0 Å². The molecule has 0 saturated carbocycles. The number of benzene rings is 1. The highest BCUT2D eigenvalue weighted by Crippen LogP contribution is 2.24. The third kappa shape index (κ3) is 6.72.